The van der Waals surface area contributed by atoms with Crippen LogP contribution in [0.25, 0.3) is 0 Å². The summed E-state index contributed by atoms with van der Waals surface area (Å²) in [5.74, 6) is -2.77. The van der Waals surface area contributed by atoms with Gasteiger partial charge in [-0.3, -0.25) is 4.79 Å². The molecule has 0 aromatic heterocycles. The molecule has 0 spiro atoms. The number of rotatable bonds is 2. The van der Waals surface area contributed by atoms with E-state index in [4.69, 9.17) is 28.3 Å². The van der Waals surface area contributed by atoms with Crippen molar-refractivity contribution in [2.75, 3.05) is 5.32 Å². The highest BCUT2D eigenvalue weighted by molar-refractivity contribution is 6.35. The first kappa shape index (κ1) is 14.6. The number of phenolic OH excluding ortho intramolecular Hbond substituents is 1. The van der Waals surface area contributed by atoms with E-state index in [0.29, 0.717) is 0 Å². The lowest BCUT2D eigenvalue weighted by Crippen LogP contribution is -2.13. The lowest BCUT2D eigenvalue weighted by atomic mass is 10.2. The molecular weight excluding hydrogens is 311 g/mol. The Balaban J connectivity index is 2.28. The molecule has 0 unspecified atom stereocenters. The number of aromatic hydroxyl groups is 1. The molecule has 2 rings (SSSR count). The smallest absolute Gasteiger partial charge is 0.258 e. The van der Waals surface area contributed by atoms with E-state index in [1.165, 1.54) is 6.07 Å². The molecule has 0 aliphatic heterocycles. The average molecular weight is 318 g/mol. The molecule has 0 saturated carbocycles. The van der Waals surface area contributed by atoms with Crippen molar-refractivity contribution < 1.29 is 18.7 Å². The highest BCUT2D eigenvalue weighted by atomic mass is 35.5. The van der Waals surface area contributed by atoms with Gasteiger partial charge in [-0.05, 0) is 24.3 Å². The zero-order valence-electron chi connectivity index (χ0n) is 9.75. The minimum absolute atomic E-state index is 0.124. The summed E-state index contributed by atoms with van der Waals surface area (Å²) in [4.78, 5) is 11.8. The third kappa shape index (κ3) is 3.00. The molecule has 104 valence electrons. The van der Waals surface area contributed by atoms with Gasteiger partial charge in [-0.15, -0.1) is 0 Å². The van der Waals surface area contributed by atoms with E-state index in [2.05, 4.69) is 5.32 Å². The molecule has 0 fully saturated rings. The maximum absolute atomic E-state index is 13.5. The number of phenols is 1. The van der Waals surface area contributed by atoms with Crippen molar-refractivity contribution >= 4 is 34.8 Å². The predicted molar refractivity (Wildman–Crippen MR) is 72.4 cm³/mol. The summed E-state index contributed by atoms with van der Waals surface area (Å²) in [5, 5.41) is 10.9. The first-order valence-electron chi connectivity index (χ1n) is 5.33. The van der Waals surface area contributed by atoms with Gasteiger partial charge < -0.3 is 10.4 Å². The van der Waals surface area contributed by atoms with E-state index in [1.54, 1.807) is 0 Å². The first-order chi connectivity index (χ1) is 9.38. The Morgan fingerprint density at radius 3 is 2.25 bits per heavy atom. The van der Waals surface area contributed by atoms with E-state index in [0.717, 1.165) is 24.3 Å². The zero-order chi connectivity index (χ0) is 14.9. The minimum atomic E-state index is -0.887. The van der Waals surface area contributed by atoms with Crippen LogP contribution in [0, 0.1) is 11.6 Å². The Hall–Kier alpha value is -1.85. The van der Waals surface area contributed by atoms with Gasteiger partial charge >= 0.3 is 0 Å². The Bertz CT molecular complexity index is 669. The van der Waals surface area contributed by atoms with Crippen molar-refractivity contribution in [1.29, 1.82) is 0 Å². The van der Waals surface area contributed by atoms with Gasteiger partial charge in [0.2, 0.25) is 0 Å². The van der Waals surface area contributed by atoms with Gasteiger partial charge in [0.25, 0.3) is 5.91 Å². The van der Waals surface area contributed by atoms with Gasteiger partial charge in [-0.1, -0.05) is 23.2 Å². The van der Waals surface area contributed by atoms with Crippen LogP contribution in [0.5, 0.6) is 5.75 Å². The summed E-state index contributed by atoms with van der Waals surface area (Å²) in [6.45, 7) is 0. The maximum Gasteiger partial charge on any atom is 0.258 e. The lowest BCUT2D eigenvalue weighted by Gasteiger charge is -2.08. The summed E-state index contributed by atoms with van der Waals surface area (Å²) in [6.07, 6.45) is 0. The van der Waals surface area contributed by atoms with E-state index in [-0.39, 0.29) is 27.0 Å². The van der Waals surface area contributed by atoms with Crippen molar-refractivity contribution in [2.24, 2.45) is 0 Å². The highest BCUT2D eigenvalue weighted by Crippen LogP contribution is 2.27. The lowest BCUT2D eigenvalue weighted by molar-refractivity contribution is 0.102. The minimum Gasteiger partial charge on any atom is -0.508 e. The number of benzene rings is 2. The van der Waals surface area contributed by atoms with Crippen molar-refractivity contribution in [3.05, 3.63) is 57.6 Å². The molecule has 7 heteroatoms. The quantitative estimate of drug-likeness (QED) is 0.814. The van der Waals surface area contributed by atoms with Crippen LogP contribution < -0.4 is 5.32 Å². The topological polar surface area (TPSA) is 49.3 Å². The summed E-state index contributed by atoms with van der Waals surface area (Å²) in [6, 6.07) is 5.40. The van der Waals surface area contributed by atoms with Crippen molar-refractivity contribution in [1.82, 2.24) is 0 Å². The SMILES string of the molecule is O=C(Nc1cc(Cl)c(F)c(Cl)c1)c1ccc(O)cc1F. The number of hydrogen-bond acceptors (Lipinski definition) is 2. The second kappa shape index (κ2) is 5.64. The Labute approximate surface area is 122 Å². The fourth-order valence-corrected chi connectivity index (χ4v) is 2.00. The van der Waals surface area contributed by atoms with E-state index in [1.807, 2.05) is 0 Å². The monoisotopic (exact) mass is 317 g/mol. The maximum atomic E-state index is 13.5. The number of hydrogen-bond donors (Lipinski definition) is 2. The van der Waals surface area contributed by atoms with Crippen LogP contribution >= 0.6 is 23.2 Å². The number of carbonyl (C=O) groups is 1. The molecule has 2 N–H and O–H groups in total. The molecule has 0 bridgehead atoms. The molecule has 0 radical (unpaired) electrons. The molecule has 0 heterocycles. The van der Waals surface area contributed by atoms with Gasteiger partial charge in [0.15, 0.2) is 5.82 Å². The molecule has 0 atom stereocenters. The van der Waals surface area contributed by atoms with Crippen LogP contribution in [0.4, 0.5) is 14.5 Å². The standard InChI is InChI=1S/C13H7Cl2F2NO2/c14-9-3-6(4-10(15)12(9)17)18-13(20)8-2-1-7(19)5-11(8)16/h1-5,19H,(H,18,20). The number of nitrogens with one attached hydrogen (secondary N) is 1. The van der Waals surface area contributed by atoms with Crippen LogP contribution in [0.3, 0.4) is 0 Å². The Morgan fingerprint density at radius 1 is 1.10 bits per heavy atom. The molecule has 0 aliphatic rings. The number of halogens is 4. The van der Waals surface area contributed by atoms with Gasteiger partial charge in [0.05, 0.1) is 15.6 Å². The normalized spacial score (nSPS) is 10.4. The van der Waals surface area contributed by atoms with Gasteiger partial charge in [0.1, 0.15) is 11.6 Å². The van der Waals surface area contributed by atoms with E-state index in [9.17, 15) is 13.6 Å². The van der Waals surface area contributed by atoms with Gasteiger partial charge in [0, 0.05) is 11.8 Å². The van der Waals surface area contributed by atoms with Crippen LogP contribution in [0.15, 0.2) is 30.3 Å². The highest BCUT2D eigenvalue weighted by Gasteiger charge is 2.14. The third-order valence-corrected chi connectivity index (χ3v) is 2.99. The van der Waals surface area contributed by atoms with Gasteiger partial charge in [-0.2, -0.15) is 0 Å². The van der Waals surface area contributed by atoms with Crippen molar-refractivity contribution in [3.8, 4) is 5.75 Å². The molecule has 2 aromatic rings. The third-order valence-electron chi connectivity index (χ3n) is 2.44. The molecule has 0 saturated heterocycles. The average Bonchev–Trinajstić information content (AvgIpc) is 2.35. The largest absolute Gasteiger partial charge is 0.508 e. The summed E-state index contributed by atoms with van der Waals surface area (Å²) < 4.78 is 26.7. The molecule has 0 aliphatic carbocycles. The fourth-order valence-electron chi connectivity index (χ4n) is 1.51. The first-order valence-corrected chi connectivity index (χ1v) is 6.08. The molecule has 20 heavy (non-hydrogen) atoms. The van der Waals surface area contributed by atoms with Crippen LogP contribution in [-0.4, -0.2) is 11.0 Å². The van der Waals surface area contributed by atoms with Crippen LogP contribution in [0.2, 0.25) is 10.0 Å². The summed E-state index contributed by atoms with van der Waals surface area (Å²) >= 11 is 11.2. The van der Waals surface area contributed by atoms with E-state index < -0.39 is 17.5 Å². The Kier molecular flexibility index (Phi) is 4.11. The molecule has 1 amide bonds. The fraction of sp³-hybridized carbons (Fsp3) is 0. The van der Waals surface area contributed by atoms with Crippen molar-refractivity contribution in [2.45, 2.75) is 0 Å². The van der Waals surface area contributed by atoms with E-state index >= 15 is 0 Å². The molecular formula is C13H7Cl2F2NO2. The Morgan fingerprint density at radius 2 is 1.70 bits per heavy atom. The summed E-state index contributed by atoms with van der Waals surface area (Å²) in [7, 11) is 0. The number of carbonyl (C=O) groups excluding carboxylic acids is 1. The second-order valence-corrected chi connectivity index (χ2v) is 4.69. The van der Waals surface area contributed by atoms with Crippen molar-refractivity contribution in [3.63, 3.8) is 0 Å². The predicted octanol–water partition coefficient (Wildman–Crippen LogP) is 4.23. The van der Waals surface area contributed by atoms with Crippen LogP contribution in [-0.2, 0) is 0 Å². The zero-order valence-corrected chi connectivity index (χ0v) is 11.3. The van der Waals surface area contributed by atoms with Gasteiger partial charge in [-0.25, -0.2) is 8.78 Å². The molecule has 3 nitrogen and oxygen atoms in total. The van der Waals surface area contributed by atoms with Crippen LogP contribution in [0.1, 0.15) is 10.4 Å². The number of anilines is 1. The number of amides is 1. The second-order valence-electron chi connectivity index (χ2n) is 3.87. The molecule has 2 aromatic carbocycles. The summed E-state index contributed by atoms with van der Waals surface area (Å²) in [5.41, 5.74) is -0.154.